The molecule has 1 aromatic rings. The van der Waals surface area contributed by atoms with E-state index in [1.165, 1.54) is 0 Å². The van der Waals surface area contributed by atoms with Crippen LogP contribution in [0.4, 0.5) is 5.69 Å². The minimum Gasteiger partial charge on any atom is -0.550 e. The number of hydrogen-bond donors (Lipinski definition) is 1. The molecular weight excluding hydrogens is 349 g/mol. The lowest BCUT2D eigenvalue weighted by molar-refractivity contribution is -0.313. The average molecular weight is 365 g/mol. The van der Waals surface area contributed by atoms with Crippen molar-refractivity contribution < 1.29 is 14.7 Å². The van der Waals surface area contributed by atoms with E-state index in [0.29, 0.717) is 15.7 Å². The Kier molecular flexibility index (Phi) is 4.45. The molecule has 1 N–H and O–H groups in total. The van der Waals surface area contributed by atoms with Gasteiger partial charge < -0.3 is 15.2 Å². The van der Waals surface area contributed by atoms with Gasteiger partial charge in [0.15, 0.2) is 0 Å². The Morgan fingerprint density at radius 1 is 1.04 bits per heavy atom. The molecule has 6 heteroatoms. The Labute approximate surface area is 150 Å². The van der Waals surface area contributed by atoms with E-state index in [1.54, 1.807) is 18.2 Å². The Morgan fingerprint density at radius 3 is 2.21 bits per heavy atom. The number of aliphatic carboxylic acids is 1. The van der Waals surface area contributed by atoms with Crippen LogP contribution in [0.15, 0.2) is 41.5 Å². The zero-order valence-electron chi connectivity index (χ0n) is 13.2. The van der Waals surface area contributed by atoms with Gasteiger partial charge in [-0.2, -0.15) is 0 Å². The molecule has 1 amide bonds. The van der Waals surface area contributed by atoms with Crippen molar-refractivity contribution in [3.63, 3.8) is 0 Å². The van der Waals surface area contributed by atoms with Gasteiger partial charge in [0.1, 0.15) is 0 Å². The molecule has 0 saturated heterocycles. The van der Waals surface area contributed by atoms with Crippen molar-refractivity contribution in [1.29, 1.82) is 0 Å². The normalized spacial score (nSPS) is 27.4. The van der Waals surface area contributed by atoms with E-state index in [2.05, 4.69) is 5.32 Å². The van der Waals surface area contributed by atoms with Gasteiger partial charge >= 0.3 is 0 Å². The van der Waals surface area contributed by atoms with Gasteiger partial charge in [0.2, 0.25) is 5.91 Å². The molecule has 0 heterocycles. The molecule has 0 aromatic heterocycles. The fraction of sp³-hybridized carbons (Fsp3) is 0.333. The summed E-state index contributed by atoms with van der Waals surface area (Å²) in [5.41, 5.74) is 2.54. The zero-order chi connectivity index (χ0) is 17.6. The maximum atomic E-state index is 12.7. The van der Waals surface area contributed by atoms with E-state index >= 15 is 0 Å². The SMILES string of the molecule is CC(C)=C1[C@H]2C=C[C@@H]1[C@@H](C(=O)Nc1ccc(Cl)c(Cl)c1)[C@H]2C(=O)[O-]. The summed E-state index contributed by atoms with van der Waals surface area (Å²) in [6, 6.07) is 4.75. The summed E-state index contributed by atoms with van der Waals surface area (Å²) in [6.07, 6.45) is 3.79. The summed E-state index contributed by atoms with van der Waals surface area (Å²) >= 11 is 11.8. The Hall–Kier alpha value is -1.78. The van der Waals surface area contributed by atoms with Gasteiger partial charge in [0, 0.05) is 29.4 Å². The predicted molar refractivity (Wildman–Crippen MR) is 91.6 cm³/mol. The van der Waals surface area contributed by atoms with E-state index in [-0.39, 0.29) is 17.7 Å². The van der Waals surface area contributed by atoms with Crippen LogP contribution in [-0.2, 0) is 9.59 Å². The molecule has 1 saturated carbocycles. The highest BCUT2D eigenvalue weighted by atomic mass is 35.5. The molecule has 2 aliphatic rings. The number of carboxylic acid groups (broad SMARTS) is 1. The molecule has 2 bridgehead atoms. The van der Waals surface area contributed by atoms with Crippen molar-refractivity contribution in [2.24, 2.45) is 23.7 Å². The van der Waals surface area contributed by atoms with Gasteiger partial charge in [0.05, 0.1) is 16.0 Å². The minimum absolute atomic E-state index is 0.203. The summed E-state index contributed by atoms with van der Waals surface area (Å²) < 4.78 is 0. The van der Waals surface area contributed by atoms with Crippen molar-refractivity contribution in [1.82, 2.24) is 0 Å². The fourth-order valence-corrected chi connectivity index (χ4v) is 4.13. The summed E-state index contributed by atoms with van der Waals surface area (Å²) in [7, 11) is 0. The first kappa shape index (κ1) is 17.1. The summed E-state index contributed by atoms with van der Waals surface area (Å²) in [5.74, 6) is -3.56. The molecule has 3 rings (SSSR count). The highest BCUT2D eigenvalue weighted by Gasteiger charge is 2.52. The first-order chi connectivity index (χ1) is 11.3. The number of hydrogen-bond acceptors (Lipinski definition) is 3. The van der Waals surface area contributed by atoms with Gasteiger partial charge in [-0.25, -0.2) is 0 Å². The van der Waals surface area contributed by atoms with Gasteiger partial charge in [-0.1, -0.05) is 46.5 Å². The second kappa shape index (κ2) is 6.26. The van der Waals surface area contributed by atoms with Crippen LogP contribution in [0.2, 0.25) is 10.0 Å². The Morgan fingerprint density at radius 2 is 1.67 bits per heavy atom. The van der Waals surface area contributed by atoms with Crippen LogP contribution < -0.4 is 10.4 Å². The van der Waals surface area contributed by atoms with Gasteiger partial charge in [-0.15, -0.1) is 0 Å². The monoisotopic (exact) mass is 364 g/mol. The molecule has 0 spiro atoms. The second-order valence-electron chi connectivity index (χ2n) is 6.38. The summed E-state index contributed by atoms with van der Waals surface area (Å²) in [4.78, 5) is 24.4. The number of anilines is 1. The quantitative estimate of drug-likeness (QED) is 0.837. The molecule has 4 nitrogen and oxygen atoms in total. The van der Waals surface area contributed by atoms with Crippen LogP contribution in [0.3, 0.4) is 0 Å². The van der Waals surface area contributed by atoms with Gasteiger partial charge in [0.25, 0.3) is 0 Å². The third kappa shape index (κ3) is 2.74. The fourth-order valence-electron chi connectivity index (χ4n) is 3.83. The Balaban J connectivity index is 1.91. The zero-order valence-corrected chi connectivity index (χ0v) is 14.7. The van der Waals surface area contributed by atoms with E-state index in [1.807, 2.05) is 26.0 Å². The standard InChI is InChI=1S/C18H17Cl2NO3/c1-8(2)14-10-4-5-11(14)16(18(23)24)15(10)17(22)21-9-3-6-12(19)13(20)7-9/h3-7,10-11,15-16H,1-2H3,(H,21,22)(H,23,24)/p-1/t10-,11+,15+,16-/m0/s1. The van der Waals surface area contributed by atoms with Gasteiger partial charge in [-0.05, 0) is 32.0 Å². The number of rotatable bonds is 3. The van der Waals surface area contributed by atoms with Crippen molar-refractivity contribution in [2.75, 3.05) is 5.32 Å². The van der Waals surface area contributed by atoms with E-state index < -0.39 is 17.8 Å². The van der Waals surface area contributed by atoms with E-state index in [0.717, 1.165) is 11.1 Å². The van der Waals surface area contributed by atoms with Crippen LogP contribution in [0.25, 0.3) is 0 Å². The third-order valence-electron chi connectivity index (χ3n) is 4.74. The van der Waals surface area contributed by atoms with E-state index in [9.17, 15) is 14.7 Å². The largest absolute Gasteiger partial charge is 0.550 e. The van der Waals surface area contributed by atoms with Crippen molar-refractivity contribution in [2.45, 2.75) is 13.8 Å². The number of halogens is 2. The first-order valence-electron chi connectivity index (χ1n) is 7.63. The Bertz CT molecular complexity index is 780. The minimum atomic E-state index is -1.19. The number of carbonyl (C=O) groups excluding carboxylic acids is 2. The number of carbonyl (C=O) groups is 2. The van der Waals surface area contributed by atoms with E-state index in [4.69, 9.17) is 23.2 Å². The number of amides is 1. The van der Waals surface area contributed by atoms with Crippen molar-refractivity contribution >= 4 is 40.8 Å². The van der Waals surface area contributed by atoms with Gasteiger partial charge in [-0.3, -0.25) is 4.79 Å². The van der Waals surface area contributed by atoms with Crippen molar-refractivity contribution in [3.8, 4) is 0 Å². The number of carboxylic acids is 1. The number of nitrogens with one attached hydrogen (secondary N) is 1. The second-order valence-corrected chi connectivity index (χ2v) is 7.19. The van der Waals surface area contributed by atoms with Crippen LogP contribution in [0, 0.1) is 23.7 Å². The number of benzene rings is 1. The molecule has 0 aliphatic heterocycles. The third-order valence-corrected chi connectivity index (χ3v) is 5.48. The molecule has 4 atom stereocenters. The lowest BCUT2D eigenvalue weighted by Crippen LogP contribution is -2.42. The molecular formula is C18H16Cl2NO3-. The molecule has 1 fully saturated rings. The maximum absolute atomic E-state index is 12.7. The molecule has 0 radical (unpaired) electrons. The number of fused-ring (bicyclic) bond motifs is 2. The highest BCUT2D eigenvalue weighted by molar-refractivity contribution is 6.42. The van der Waals surface area contributed by atoms with Crippen LogP contribution in [0.5, 0.6) is 0 Å². The smallest absolute Gasteiger partial charge is 0.229 e. The maximum Gasteiger partial charge on any atom is 0.229 e. The molecule has 126 valence electrons. The van der Waals surface area contributed by atoms with Crippen LogP contribution in [-0.4, -0.2) is 11.9 Å². The van der Waals surface area contributed by atoms with Crippen LogP contribution >= 0.6 is 23.2 Å². The first-order valence-corrected chi connectivity index (χ1v) is 8.39. The summed E-state index contributed by atoms with van der Waals surface area (Å²) in [5, 5.41) is 15.1. The van der Waals surface area contributed by atoms with Crippen molar-refractivity contribution in [3.05, 3.63) is 51.5 Å². The van der Waals surface area contributed by atoms with Crippen LogP contribution in [0.1, 0.15) is 13.8 Å². The topological polar surface area (TPSA) is 69.2 Å². The molecule has 1 aromatic carbocycles. The lowest BCUT2D eigenvalue weighted by Gasteiger charge is -2.27. The molecule has 2 aliphatic carbocycles. The number of allylic oxidation sites excluding steroid dienone is 4. The summed E-state index contributed by atoms with van der Waals surface area (Å²) in [6.45, 7) is 3.88. The average Bonchev–Trinajstić information content (AvgIpc) is 3.06. The lowest BCUT2D eigenvalue weighted by atomic mass is 9.82. The highest BCUT2D eigenvalue weighted by Crippen LogP contribution is 2.53. The predicted octanol–water partition coefficient (Wildman–Crippen LogP) is 3.07. The molecule has 24 heavy (non-hydrogen) atoms. The molecule has 0 unspecified atom stereocenters.